The van der Waals surface area contributed by atoms with Crippen LogP contribution in [0.2, 0.25) is 5.02 Å². The Balaban J connectivity index is 2.18. The molecule has 0 fully saturated rings. The van der Waals surface area contributed by atoms with Crippen LogP contribution in [0.4, 0.5) is 0 Å². The molecule has 2 aromatic carbocycles. The molecule has 24 heavy (non-hydrogen) atoms. The van der Waals surface area contributed by atoms with Crippen molar-refractivity contribution in [2.45, 2.75) is 12.5 Å². The predicted octanol–water partition coefficient (Wildman–Crippen LogP) is 3.28. The van der Waals surface area contributed by atoms with Gasteiger partial charge in [0.1, 0.15) is 6.04 Å². The van der Waals surface area contributed by atoms with Gasteiger partial charge in [0.15, 0.2) is 11.5 Å². The first-order valence-electron chi connectivity index (χ1n) is 7.23. The highest BCUT2D eigenvalue weighted by atomic mass is 35.5. The Kier molecular flexibility index (Phi) is 6.05. The van der Waals surface area contributed by atoms with E-state index in [9.17, 15) is 10.1 Å². The molecule has 2 rings (SSSR count). The zero-order chi connectivity index (χ0) is 17.5. The molecule has 0 aliphatic carbocycles. The van der Waals surface area contributed by atoms with Crippen LogP contribution in [0.3, 0.4) is 0 Å². The van der Waals surface area contributed by atoms with Crippen molar-refractivity contribution < 1.29 is 14.3 Å². The lowest BCUT2D eigenvalue weighted by molar-refractivity contribution is -0.120. The SMILES string of the molecule is COc1cccc(C(C#N)NC(=O)Cc2cccc(Cl)c2)c1OC. The quantitative estimate of drug-likeness (QED) is 0.873. The van der Waals surface area contributed by atoms with Crippen molar-refractivity contribution in [3.8, 4) is 17.6 Å². The number of nitrogens with zero attached hydrogens (tertiary/aromatic N) is 1. The molecule has 0 spiro atoms. The smallest absolute Gasteiger partial charge is 0.225 e. The number of hydrogen-bond donors (Lipinski definition) is 1. The summed E-state index contributed by atoms with van der Waals surface area (Å²) in [7, 11) is 3.00. The monoisotopic (exact) mass is 344 g/mol. The molecule has 1 amide bonds. The molecular weight excluding hydrogens is 328 g/mol. The van der Waals surface area contributed by atoms with E-state index in [1.54, 1.807) is 42.5 Å². The standard InChI is InChI=1S/C18H17ClN2O3/c1-23-16-8-4-7-14(18(16)24-2)15(11-20)21-17(22)10-12-5-3-6-13(19)9-12/h3-9,15H,10H2,1-2H3,(H,21,22). The molecule has 6 heteroatoms. The van der Waals surface area contributed by atoms with Crippen LogP contribution >= 0.6 is 11.6 Å². The second-order valence-electron chi connectivity index (χ2n) is 5.02. The fourth-order valence-corrected chi connectivity index (χ4v) is 2.58. The number of nitrogens with one attached hydrogen (secondary N) is 1. The van der Waals surface area contributed by atoms with E-state index in [0.29, 0.717) is 22.1 Å². The topological polar surface area (TPSA) is 71.3 Å². The number of halogens is 1. The Morgan fingerprint density at radius 3 is 2.62 bits per heavy atom. The van der Waals surface area contributed by atoms with E-state index in [2.05, 4.69) is 11.4 Å². The average molecular weight is 345 g/mol. The third kappa shape index (κ3) is 4.18. The van der Waals surface area contributed by atoms with Gasteiger partial charge in [0.25, 0.3) is 0 Å². The summed E-state index contributed by atoms with van der Waals surface area (Å²) in [6.07, 6.45) is 0.130. The minimum atomic E-state index is -0.846. The van der Waals surface area contributed by atoms with E-state index >= 15 is 0 Å². The van der Waals surface area contributed by atoms with Crippen molar-refractivity contribution in [3.63, 3.8) is 0 Å². The lowest BCUT2D eigenvalue weighted by atomic mass is 10.1. The number of nitriles is 1. The Labute approximate surface area is 145 Å². The summed E-state index contributed by atoms with van der Waals surface area (Å²) in [4.78, 5) is 12.2. The Morgan fingerprint density at radius 2 is 2.00 bits per heavy atom. The molecule has 0 aliphatic rings. The zero-order valence-electron chi connectivity index (χ0n) is 13.4. The third-order valence-electron chi connectivity index (χ3n) is 3.43. The first-order chi connectivity index (χ1) is 11.6. The number of carbonyl (C=O) groups is 1. The number of hydrogen-bond acceptors (Lipinski definition) is 4. The molecule has 1 unspecified atom stereocenters. The van der Waals surface area contributed by atoms with Gasteiger partial charge >= 0.3 is 0 Å². The lowest BCUT2D eigenvalue weighted by Gasteiger charge is -2.17. The van der Waals surface area contributed by atoms with Crippen LogP contribution in [0.15, 0.2) is 42.5 Å². The number of ether oxygens (including phenoxy) is 2. The number of amides is 1. The van der Waals surface area contributed by atoms with Crippen LogP contribution < -0.4 is 14.8 Å². The number of benzene rings is 2. The number of rotatable bonds is 6. The van der Waals surface area contributed by atoms with Crippen molar-refractivity contribution in [1.82, 2.24) is 5.32 Å². The van der Waals surface area contributed by atoms with Gasteiger partial charge in [-0.1, -0.05) is 35.9 Å². The molecule has 0 radical (unpaired) electrons. The fourth-order valence-electron chi connectivity index (χ4n) is 2.36. The molecule has 0 saturated carbocycles. The van der Waals surface area contributed by atoms with Crippen molar-refractivity contribution >= 4 is 17.5 Å². The van der Waals surface area contributed by atoms with Gasteiger partial charge in [-0.3, -0.25) is 4.79 Å². The van der Waals surface area contributed by atoms with Crippen LogP contribution in [0.5, 0.6) is 11.5 Å². The Hall–Kier alpha value is -2.71. The van der Waals surface area contributed by atoms with Gasteiger partial charge in [-0.15, -0.1) is 0 Å². The summed E-state index contributed by atoms with van der Waals surface area (Å²) >= 11 is 5.92. The maximum absolute atomic E-state index is 12.2. The highest BCUT2D eigenvalue weighted by Gasteiger charge is 2.20. The number of carbonyl (C=O) groups excluding carboxylic acids is 1. The van der Waals surface area contributed by atoms with Crippen LogP contribution in [-0.2, 0) is 11.2 Å². The average Bonchev–Trinajstić information content (AvgIpc) is 2.58. The minimum absolute atomic E-state index is 0.130. The molecule has 1 atom stereocenters. The maximum atomic E-state index is 12.2. The van der Waals surface area contributed by atoms with Gasteiger partial charge in [-0.05, 0) is 23.8 Å². The molecule has 0 aromatic heterocycles. The van der Waals surface area contributed by atoms with Crippen LogP contribution in [0.25, 0.3) is 0 Å². The van der Waals surface area contributed by atoms with Crippen molar-refractivity contribution in [2.75, 3.05) is 14.2 Å². The molecule has 5 nitrogen and oxygen atoms in total. The summed E-state index contributed by atoms with van der Waals surface area (Å²) in [5, 5.41) is 12.7. The van der Waals surface area contributed by atoms with E-state index in [-0.39, 0.29) is 12.3 Å². The summed E-state index contributed by atoms with van der Waals surface area (Å²) in [6.45, 7) is 0. The van der Waals surface area contributed by atoms with Gasteiger partial charge < -0.3 is 14.8 Å². The second-order valence-corrected chi connectivity index (χ2v) is 5.46. The summed E-state index contributed by atoms with van der Waals surface area (Å²) in [5.74, 6) is 0.641. The Bertz CT molecular complexity index is 771. The van der Waals surface area contributed by atoms with Gasteiger partial charge in [0.2, 0.25) is 5.91 Å². The number of para-hydroxylation sites is 1. The molecule has 0 bridgehead atoms. The lowest BCUT2D eigenvalue weighted by Crippen LogP contribution is -2.29. The normalized spacial score (nSPS) is 11.2. The molecule has 2 aromatic rings. The third-order valence-corrected chi connectivity index (χ3v) is 3.67. The van der Waals surface area contributed by atoms with E-state index in [4.69, 9.17) is 21.1 Å². The van der Waals surface area contributed by atoms with Crippen LogP contribution in [0, 0.1) is 11.3 Å². The molecular formula is C18H17ClN2O3. The summed E-state index contributed by atoms with van der Waals surface area (Å²) in [6, 6.07) is 13.5. The number of methoxy groups -OCH3 is 2. The van der Waals surface area contributed by atoms with Crippen molar-refractivity contribution in [2.24, 2.45) is 0 Å². The van der Waals surface area contributed by atoms with Gasteiger partial charge in [0.05, 0.1) is 26.7 Å². The molecule has 0 saturated heterocycles. The van der Waals surface area contributed by atoms with Crippen LogP contribution in [-0.4, -0.2) is 20.1 Å². The maximum Gasteiger partial charge on any atom is 0.225 e. The zero-order valence-corrected chi connectivity index (χ0v) is 14.1. The van der Waals surface area contributed by atoms with E-state index < -0.39 is 6.04 Å². The first-order valence-corrected chi connectivity index (χ1v) is 7.61. The van der Waals surface area contributed by atoms with E-state index in [0.717, 1.165) is 5.56 Å². The van der Waals surface area contributed by atoms with Crippen molar-refractivity contribution in [3.05, 3.63) is 58.6 Å². The minimum Gasteiger partial charge on any atom is -0.493 e. The van der Waals surface area contributed by atoms with Gasteiger partial charge in [-0.2, -0.15) is 5.26 Å². The molecule has 1 N–H and O–H groups in total. The van der Waals surface area contributed by atoms with E-state index in [1.165, 1.54) is 14.2 Å². The fraction of sp³-hybridized carbons (Fsp3) is 0.222. The van der Waals surface area contributed by atoms with Crippen LogP contribution in [0.1, 0.15) is 17.2 Å². The summed E-state index contributed by atoms with van der Waals surface area (Å²) < 4.78 is 10.5. The predicted molar refractivity (Wildman–Crippen MR) is 91.2 cm³/mol. The Morgan fingerprint density at radius 1 is 1.25 bits per heavy atom. The van der Waals surface area contributed by atoms with Gasteiger partial charge in [-0.25, -0.2) is 0 Å². The first kappa shape index (κ1) is 17.6. The second kappa shape index (κ2) is 8.23. The van der Waals surface area contributed by atoms with Crippen molar-refractivity contribution in [1.29, 1.82) is 5.26 Å². The molecule has 0 aliphatic heterocycles. The highest BCUT2D eigenvalue weighted by molar-refractivity contribution is 6.30. The highest BCUT2D eigenvalue weighted by Crippen LogP contribution is 2.34. The largest absolute Gasteiger partial charge is 0.493 e. The van der Waals surface area contributed by atoms with Gasteiger partial charge in [0, 0.05) is 10.6 Å². The molecule has 0 heterocycles. The van der Waals surface area contributed by atoms with E-state index in [1.807, 2.05) is 0 Å². The summed E-state index contributed by atoms with van der Waals surface area (Å²) in [5.41, 5.74) is 1.31. The molecule has 124 valence electrons.